The normalized spacial score (nSPS) is 12.3. The standard InChI is InChI=1S/C15H22ClFN2S/c1-10(2)5-4-6-11(3)18-15(20)19-12-7-8-14(17)13(16)9-12/h7-11H,4-6H2,1-3H3,(H2,18,19,20). The van der Waals surface area contributed by atoms with E-state index in [2.05, 4.69) is 31.4 Å². The SMILES string of the molecule is CC(C)CCCC(C)NC(=S)Nc1ccc(F)c(Cl)c1. The van der Waals surface area contributed by atoms with Crippen LogP contribution >= 0.6 is 23.8 Å². The number of benzene rings is 1. The van der Waals surface area contributed by atoms with Crippen LogP contribution in [0.1, 0.15) is 40.0 Å². The molecule has 0 bridgehead atoms. The van der Waals surface area contributed by atoms with E-state index in [0.717, 1.165) is 12.3 Å². The average molecular weight is 317 g/mol. The molecule has 5 heteroatoms. The first-order valence-corrected chi connectivity index (χ1v) is 7.69. The van der Waals surface area contributed by atoms with Crippen molar-refractivity contribution in [1.82, 2.24) is 5.32 Å². The molecule has 0 fully saturated rings. The molecular formula is C15H22ClFN2S. The third kappa shape index (κ3) is 6.53. The summed E-state index contributed by atoms with van der Waals surface area (Å²) in [5, 5.41) is 6.85. The number of nitrogens with one attached hydrogen (secondary N) is 2. The number of rotatable bonds is 6. The maximum absolute atomic E-state index is 13.0. The number of hydrogen-bond acceptors (Lipinski definition) is 1. The Hall–Kier alpha value is -0.870. The lowest BCUT2D eigenvalue weighted by Crippen LogP contribution is -2.35. The Morgan fingerprint density at radius 2 is 2.00 bits per heavy atom. The minimum atomic E-state index is -0.432. The molecule has 0 spiro atoms. The van der Waals surface area contributed by atoms with Crippen molar-refractivity contribution in [2.45, 2.75) is 46.1 Å². The van der Waals surface area contributed by atoms with Crippen molar-refractivity contribution in [2.24, 2.45) is 5.92 Å². The van der Waals surface area contributed by atoms with Crippen LogP contribution in [-0.4, -0.2) is 11.2 Å². The Balaban J connectivity index is 2.37. The highest BCUT2D eigenvalue weighted by molar-refractivity contribution is 7.80. The second-order valence-corrected chi connectivity index (χ2v) is 6.27. The lowest BCUT2D eigenvalue weighted by atomic mass is 10.0. The smallest absolute Gasteiger partial charge is 0.170 e. The van der Waals surface area contributed by atoms with Crippen LogP contribution in [0.5, 0.6) is 0 Å². The second kappa shape index (κ2) is 8.42. The second-order valence-electron chi connectivity index (χ2n) is 5.45. The van der Waals surface area contributed by atoms with Gasteiger partial charge in [0.1, 0.15) is 5.82 Å². The lowest BCUT2D eigenvalue weighted by Gasteiger charge is -2.17. The Morgan fingerprint density at radius 3 is 2.60 bits per heavy atom. The highest BCUT2D eigenvalue weighted by atomic mass is 35.5. The van der Waals surface area contributed by atoms with Crippen LogP contribution in [0.25, 0.3) is 0 Å². The summed E-state index contributed by atoms with van der Waals surface area (Å²) in [5.41, 5.74) is 0.684. The molecule has 2 nitrogen and oxygen atoms in total. The highest BCUT2D eigenvalue weighted by Gasteiger charge is 2.06. The quantitative estimate of drug-likeness (QED) is 0.724. The van der Waals surface area contributed by atoms with E-state index in [9.17, 15) is 4.39 Å². The first-order valence-electron chi connectivity index (χ1n) is 6.91. The van der Waals surface area contributed by atoms with Gasteiger partial charge in [0.25, 0.3) is 0 Å². The molecule has 1 atom stereocenters. The molecule has 0 aliphatic rings. The molecule has 0 aliphatic carbocycles. The van der Waals surface area contributed by atoms with Gasteiger partial charge in [-0.05, 0) is 49.7 Å². The average Bonchev–Trinajstić information content (AvgIpc) is 2.33. The van der Waals surface area contributed by atoms with Crippen LogP contribution < -0.4 is 10.6 Å². The Labute approximate surface area is 131 Å². The maximum Gasteiger partial charge on any atom is 0.170 e. The number of hydrogen-bond donors (Lipinski definition) is 2. The fourth-order valence-electron chi connectivity index (χ4n) is 1.87. The molecule has 2 N–H and O–H groups in total. The molecule has 0 saturated heterocycles. The van der Waals surface area contributed by atoms with E-state index in [1.54, 1.807) is 6.07 Å². The molecule has 0 radical (unpaired) electrons. The predicted octanol–water partition coefficient (Wildman–Crippen LogP) is 4.98. The molecule has 1 aromatic rings. The van der Waals surface area contributed by atoms with Crippen LogP contribution in [0, 0.1) is 11.7 Å². The van der Waals surface area contributed by atoms with Crippen LogP contribution in [-0.2, 0) is 0 Å². The lowest BCUT2D eigenvalue weighted by molar-refractivity contribution is 0.495. The molecule has 0 aromatic heterocycles. The summed E-state index contributed by atoms with van der Waals surface area (Å²) in [6, 6.07) is 4.76. The van der Waals surface area contributed by atoms with Gasteiger partial charge in [0.2, 0.25) is 0 Å². The summed E-state index contributed by atoms with van der Waals surface area (Å²) >= 11 is 11.0. The van der Waals surface area contributed by atoms with E-state index in [1.807, 2.05) is 0 Å². The molecule has 0 amide bonds. The van der Waals surface area contributed by atoms with Gasteiger partial charge < -0.3 is 10.6 Å². The van der Waals surface area contributed by atoms with Crippen LogP contribution in [0.2, 0.25) is 5.02 Å². The fraction of sp³-hybridized carbons (Fsp3) is 0.533. The van der Waals surface area contributed by atoms with Gasteiger partial charge in [-0.2, -0.15) is 0 Å². The van der Waals surface area contributed by atoms with Gasteiger partial charge in [-0.1, -0.05) is 38.3 Å². The molecule has 1 aromatic carbocycles. The Bertz CT molecular complexity index is 451. The third-order valence-electron chi connectivity index (χ3n) is 2.97. The minimum Gasteiger partial charge on any atom is -0.360 e. The summed E-state index contributed by atoms with van der Waals surface area (Å²) in [6.07, 6.45) is 3.47. The monoisotopic (exact) mass is 316 g/mol. The van der Waals surface area contributed by atoms with Gasteiger partial charge in [0.15, 0.2) is 5.11 Å². The van der Waals surface area contributed by atoms with Crippen molar-refractivity contribution < 1.29 is 4.39 Å². The van der Waals surface area contributed by atoms with E-state index in [4.69, 9.17) is 23.8 Å². The minimum absolute atomic E-state index is 0.0859. The molecule has 0 aliphatic heterocycles. The maximum atomic E-state index is 13.0. The number of anilines is 1. The van der Waals surface area contributed by atoms with Crippen molar-refractivity contribution >= 4 is 34.6 Å². The first-order chi connectivity index (χ1) is 9.38. The summed E-state index contributed by atoms with van der Waals surface area (Å²) < 4.78 is 13.0. The first kappa shape index (κ1) is 17.2. The van der Waals surface area contributed by atoms with Crippen LogP contribution in [0.3, 0.4) is 0 Å². The van der Waals surface area contributed by atoms with Gasteiger partial charge in [0.05, 0.1) is 5.02 Å². The van der Waals surface area contributed by atoms with Gasteiger partial charge in [-0.25, -0.2) is 4.39 Å². The summed E-state index contributed by atoms with van der Waals surface area (Å²) in [6.45, 7) is 6.55. The van der Waals surface area contributed by atoms with Crippen molar-refractivity contribution in [2.75, 3.05) is 5.32 Å². The van der Waals surface area contributed by atoms with Gasteiger partial charge in [-0.3, -0.25) is 0 Å². The molecule has 1 rings (SSSR count). The van der Waals surface area contributed by atoms with E-state index >= 15 is 0 Å². The van der Waals surface area contributed by atoms with Crippen molar-refractivity contribution in [3.63, 3.8) is 0 Å². The van der Waals surface area contributed by atoms with E-state index in [0.29, 0.717) is 16.8 Å². The Morgan fingerprint density at radius 1 is 1.30 bits per heavy atom. The predicted molar refractivity (Wildman–Crippen MR) is 88.9 cm³/mol. The summed E-state index contributed by atoms with van der Waals surface area (Å²) in [7, 11) is 0. The topological polar surface area (TPSA) is 24.1 Å². The highest BCUT2D eigenvalue weighted by Crippen LogP contribution is 2.19. The van der Waals surface area contributed by atoms with Gasteiger partial charge in [-0.15, -0.1) is 0 Å². The largest absolute Gasteiger partial charge is 0.360 e. The van der Waals surface area contributed by atoms with Gasteiger partial charge in [0, 0.05) is 11.7 Å². The molecule has 0 heterocycles. The zero-order valence-electron chi connectivity index (χ0n) is 12.2. The van der Waals surface area contributed by atoms with Crippen molar-refractivity contribution in [1.29, 1.82) is 0 Å². The summed E-state index contributed by atoms with van der Waals surface area (Å²) in [5.74, 6) is 0.298. The zero-order chi connectivity index (χ0) is 15.1. The van der Waals surface area contributed by atoms with Crippen LogP contribution in [0.4, 0.5) is 10.1 Å². The van der Waals surface area contributed by atoms with E-state index in [-0.39, 0.29) is 5.02 Å². The third-order valence-corrected chi connectivity index (χ3v) is 3.48. The molecular weight excluding hydrogens is 295 g/mol. The van der Waals surface area contributed by atoms with Crippen LogP contribution in [0.15, 0.2) is 18.2 Å². The van der Waals surface area contributed by atoms with E-state index in [1.165, 1.54) is 25.0 Å². The molecule has 20 heavy (non-hydrogen) atoms. The fourth-order valence-corrected chi connectivity index (χ4v) is 2.37. The zero-order valence-corrected chi connectivity index (χ0v) is 13.7. The molecule has 1 unspecified atom stereocenters. The van der Waals surface area contributed by atoms with Gasteiger partial charge >= 0.3 is 0 Å². The molecule has 112 valence electrons. The van der Waals surface area contributed by atoms with E-state index < -0.39 is 5.82 Å². The Kier molecular flexibility index (Phi) is 7.24. The number of halogens is 2. The number of thiocarbonyl (C=S) groups is 1. The van der Waals surface area contributed by atoms with Crippen molar-refractivity contribution in [3.05, 3.63) is 29.0 Å². The summed E-state index contributed by atoms with van der Waals surface area (Å²) in [4.78, 5) is 0. The van der Waals surface area contributed by atoms with Crippen molar-refractivity contribution in [3.8, 4) is 0 Å². The molecule has 0 saturated carbocycles.